The van der Waals surface area contributed by atoms with Gasteiger partial charge >= 0.3 is 0 Å². The number of nitrogens with zero attached hydrogens (tertiary/aromatic N) is 2. The Morgan fingerprint density at radius 3 is 1.43 bits per heavy atom. The van der Waals surface area contributed by atoms with Crippen molar-refractivity contribution in [2.24, 2.45) is 0 Å². The molecular weight excluding hydrogens is 356 g/mol. The summed E-state index contributed by atoms with van der Waals surface area (Å²) in [4.78, 5) is 4.93. The van der Waals surface area contributed by atoms with Crippen LogP contribution in [-0.2, 0) is 0 Å². The first-order valence-corrected chi connectivity index (χ1v) is 10.1. The summed E-state index contributed by atoms with van der Waals surface area (Å²) in [6.07, 6.45) is 0.182. The summed E-state index contributed by atoms with van der Waals surface area (Å²) in [6, 6.07) is 15.8. The Hall–Kier alpha value is -2.44. The fraction of sp³-hybridized carbons (Fsp3) is 0.455. The first-order chi connectivity index (χ1) is 13.8. The molecule has 0 amide bonds. The van der Waals surface area contributed by atoms with E-state index in [1.54, 1.807) is 0 Å². The molecule has 5 rings (SSSR count). The first-order valence-electron chi connectivity index (χ1n) is 10.1. The molecule has 2 aromatic rings. The van der Waals surface area contributed by atoms with Crippen LogP contribution in [0, 0.1) is 0 Å². The van der Waals surface area contributed by atoms with Crippen LogP contribution in [0.1, 0.15) is 0 Å². The maximum Gasteiger partial charge on any atom is 0.161 e. The molecule has 2 atom stereocenters. The summed E-state index contributed by atoms with van der Waals surface area (Å²) in [5.41, 5.74) is 0. The van der Waals surface area contributed by atoms with Crippen LogP contribution in [0.4, 0.5) is 0 Å². The van der Waals surface area contributed by atoms with Crippen LogP contribution >= 0.6 is 0 Å². The molecule has 28 heavy (non-hydrogen) atoms. The molecule has 3 aliphatic rings. The first kappa shape index (κ1) is 17.6. The zero-order valence-electron chi connectivity index (χ0n) is 16.0. The van der Waals surface area contributed by atoms with Gasteiger partial charge in [-0.05, 0) is 24.3 Å². The molecule has 6 nitrogen and oxygen atoms in total. The van der Waals surface area contributed by atoms with Crippen molar-refractivity contribution in [1.82, 2.24) is 9.80 Å². The number of para-hydroxylation sites is 4. The lowest BCUT2D eigenvalue weighted by Crippen LogP contribution is -2.53. The van der Waals surface area contributed by atoms with Crippen molar-refractivity contribution >= 4 is 0 Å². The van der Waals surface area contributed by atoms with Crippen LogP contribution in [-0.4, -0.2) is 74.5 Å². The van der Waals surface area contributed by atoms with Crippen molar-refractivity contribution in [1.29, 1.82) is 0 Å². The van der Waals surface area contributed by atoms with Gasteiger partial charge in [-0.15, -0.1) is 0 Å². The van der Waals surface area contributed by atoms with Crippen LogP contribution < -0.4 is 18.9 Å². The van der Waals surface area contributed by atoms with Gasteiger partial charge in [0.1, 0.15) is 25.4 Å². The monoisotopic (exact) mass is 382 g/mol. The highest BCUT2D eigenvalue weighted by Crippen LogP contribution is 2.32. The predicted molar refractivity (Wildman–Crippen MR) is 106 cm³/mol. The lowest BCUT2D eigenvalue weighted by Gasteiger charge is -2.39. The van der Waals surface area contributed by atoms with Gasteiger partial charge in [0.25, 0.3) is 0 Å². The van der Waals surface area contributed by atoms with Gasteiger partial charge in [0.2, 0.25) is 0 Å². The molecule has 1 saturated heterocycles. The Morgan fingerprint density at radius 2 is 1.00 bits per heavy atom. The van der Waals surface area contributed by atoms with Crippen molar-refractivity contribution < 1.29 is 18.9 Å². The molecule has 0 aliphatic carbocycles. The minimum Gasteiger partial charge on any atom is -0.486 e. The summed E-state index contributed by atoms with van der Waals surface area (Å²) < 4.78 is 23.9. The molecule has 3 heterocycles. The van der Waals surface area contributed by atoms with Crippen LogP contribution in [0.5, 0.6) is 23.0 Å². The molecule has 148 valence electrons. The van der Waals surface area contributed by atoms with Crippen LogP contribution in [0.2, 0.25) is 0 Å². The molecule has 0 N–H and O–H groups in total. The Labute approximate surface area is 165 Å². The zero-order valence-corrected chi connectivity index (χ0v) is 16.0. The average Bonchev–Trinajstić information content (AvgIpc) is 2.75. The van der Waals surface area contributed by atoms with E-state index in [1.807, 2.05) is 48.5 Å². The normalized spacial score (nSPS) is 24.7. The van der Waals surface area contributed by atoms with E-state index in [0.717, 1.165) is 62.3 Å². The summed E-state index contributed by atoms with van der Waals surface area (Å²) in [6.45, 7) is 7.17. The van der Waals surface area contributed by atoms with E-state index in [4.69, 9.17) is 18.9 Å². The number of fused-ring (bicyclic) bond motifs is 2. The van der Waals surface area contributed by atoms with Crippen molar-refractivity contribution in [2.75, 3.05) is 52.5 Å². The van der Waals surface area contributed by atoms with E-state index < -0.39 is 0 Å². The summed E-state index contributed by atoms with van der Waals surface area (Å²) >= 11 is 0. The predicted octanol–water partition coefficient (Wildman–Crippen LogP) is 2.28. The molecule has 0 radical (unpaired) electrons. The minimum atomic E-state index is 0.0908. The summed E-state index contributed by atoms with van der Waals surface area (Å²) in [5, 5.41) is 0. The Balaban J connectivity index is 1.08. The molecular formula is C22H26N2O4. The molecule has 0 unspecified atom stereocenters. The standard InChI is InChI=1S/C22H26N2O4/c1-3-7-21-19(5-1)25-15-17(27-21)13-23-9-11-24(12-10-23)14-18-16-26-20-6-2-4-8-22(20)28-18/h1-8,17-18H,9-16H2/t17-,18-/m1/s1. The van der Waals surface area contributed by atoms with Crippen LogP contribution in [0.15, 0.2) is 48.5 Å². The number of hydrogen-bond donors (Lipinski definition) is 0. The number of ether oxygens (including phenoxy) is 4. The third kappa shape index (κ3) is 3.88. The molecule has 2 aromatic carbocycles. The topological polar surface area (TPSA) is 43.4 Å². The van der Waals surface area contributed by atoms with Gasteiger partial charge < -0.3 is 18.9 Å². The average molecular weight is 382 g/mol. The van der Waals surface area contributed by atoms with E-state index in [1.165, 1.54) is 0 Å². The lowest BCUT2D eigenvalue weighted by atomic mass is 10.2. The molecule has 3 aliphatic heterocycles. The fourth-order valence-electron chi connectivity index (χ4n) is 4.04. The van der Waals surface area contributed by atoms with Gasteiger partial charge in [0, 0.05) is 39.3 Å². The lowest BCUT2D eigenvalue weighted by molar-refractivity contribution is 0.0201. The molecule has 0 aromatic heterocycles. The van der Waals surface area contributed by atoms with Crippen molar-refractivity contribution in [2.45, 2.75) is 12.2 Å². The summed E-state index contributed by atoms with van der Waals surface area (Å²) in [7, 11) is 0. The van der Waals surface area contributed by atoms with E-state index in [2.05, 4.69) is 9.80 Å². The number of hydrogen-bond acceptors (Lipinski definition) is 6. The maximum absolute atomic E-state index is 6.10. The van der Waals surface area contributed by atoms with Crippen molar-refractivity contribution in [3.8, 4) is 23.0 Å². The van der Waals surface area contributed by atoms with Gasteiger partial charge in [0.15, 0.2) is 23.0 Å². The number of benzene rings is 2. The third-order valence-corrected chi connectivity index (χ3v) is 5.52. The second kappa shape index (κ2) is 7.89. The highest BCUT2D eigenvalue weighted by atomic mass is 16.6. The molecule has 0 saturated carbocycles. The SMILES string of the molecule is c1ccc2c(c1)OC[C@@H](CN1CCN(C[C@@H]3COc4ccccc4O3)CC1)O2. The van der Waals surface area contributed by atoms with E-state index in [0.29, 0.717) is 13.2 Å². The number of rotatable bonds is 4. The highest BCUT2D eigenvalue weighted by Gasteiger charge is 2.28. The zero-order chi connectivity index (χ0) is 18.8. The largest absolute Gasteiger partial charge is 0.486 e. The Kier molecular flexibility index (Phi) is 4.97. The smallest absolute Gasteiger partial charge is 0.161 e. The molecule has 0 bridgehead atoms. The van der Waals surface area contributed by atoms with Crippen molar-refractivity contribution in [3.63, 3.8) is 0 Å². The second-order valence-electron chi connectivity index (χ2n) is 7.60. The van der Waals surface area contributed by atoms with Gasteiger partial charge in [-0.25, -0.2) is 0 Å². The van der Waals surface area contributed by atoms with E-state index >= 15 is 0 Å². The maximum atomic E-state index is 6.10. The van der Waals surface area contributed by atoms with E-state index in [9.17, 15) is 0 Å². The highest BCUT2D eigenvalue weighted by molar-refractivity contribution is 5.41. The van der Waals surface area contributed by atoms with Gasteiger partial charge in [-0.1, -0.05) is 24.3 Å². The number of piperazine rings is 1. The third-order valence-electron chi connectivity index (χ3n) is 5.52. The van der Waals surface area contributed by atoms with Crippen LogP contribution in [0.3, 0.4) is 0 Å². The van der Waals surface area contributed by atoms with Gasteiger partial charge in [-0.3, -0.25) is 9.80 Å². The Bertz CT molecular complexity index is 739. The summed E-state index contributed by atoms with van der Waals surface area (Å²) in [5.74, 6) is 3.40. The molecule has 6 heteroatoms. The molecule has 0 spiro atoms. The van der Waals surface area contributed by atoms with Gasteiger partial charge in [-0.2, -0.15) is 0 Å². The minimum absolute atomic E-state index is 0.0908. The molecule has 1 fully saturated rings. The van der Waals surface area contributed by atoms with Crippen LogP contribution in [0.25, 0.3) is 0 Å². The van der Waals surface area contributed by atoms with Crippen molar-refractivity contribution in [3.05, 3.63) is 48.5 Å². The quantitative estimate of drug-likeness (QED) is 0.808. The fourth-order valence-corrected chi connectivity index (χ4v) is 4.04. The second-order valence-corrected chi connectivity index (χ2v) is 7.60. The van der Waals surface area contributed by atoms with E-state index in [-0.39, 0.29) is 12.2 Å². The Morgan fingerprint density at radius 1 is 0.607 bits per heavy atom. The van der Waals surface area contributed by atoms with Gasteiger partial charge in [0.05, 0.1) is 0 Å².